The fourth-order valence-electron chi connectivity index (χ4n) is 0.811. The zero-order valence-corrected chi connectivity index (χ0v) is 8.11. The summed E-state index contributed by atoms with van der Waals surface area (Å²) in [5, 5.41) is 4.06. The minimum Gasteiger partial charge on any atom is -0.330 e. The highest BCUT2D eigenvalue weighted by Gasteiger charge is 1.84. The smallest absolute Gasteiger partial charge is 0.198 e. The van der Waals surface area contributed by atoms with E-state index in [2.05, 4.69) is 17.3 Å². The average molecular weight is 202 g/mol. The first-order chi connectivity index (χ1) is 6.16. The molecule has 0 amide bonds. The van der Waals surface area contributed by atoms with Crippen molar-refractivity contribution in [1.82, 2.24) is 0 Å². The van der Waals surface area contributed by atoms with Gasteiger partial charge in [0, 0.05) is 0 Å². The van der Waals surface area contributed by atoms with Gasteiger partial charge < -0.3 is 5.73 Å². The fourth-order valence-corrected chi connectivity index (χ4v) is 0.811. The van der Waals surface area contributed by atoms with Gasteiger partial charge in [0.05, 0.1) is 0 Å². The van der Waals surface area contributed by atoms with Crippen LogP contribution in [0.25, 0.3) is 0 Å². The monoisotopic (exact) mass is 202 g/mol. The topological polar surface area (TPSA) is 86.2 Å². The second kappa shape index (κ2) is 7.72. The van der Waals surface area contributed by atoms with E-state index in [4.69, 9.17) is 14.2 Å². The molecule has 4 nitrogen and oxygen atoms in total. The standard InChI is InChI=1S/C8H11N.H3NO2S/c9-7-6-8-4-2-1-3-5-8;1-4(2)3/h1-5H,6-7,9H2;4H,(H2,1,2,3). The van der Waals surface area contributed by atoms with Crippen LogP contribution in [0.1, 0.15) is 5.56 Å². The number of hydrogen-bond acceptors (Lipinski definition) is 3. The van der Waals surface area contributed by atoms with Crippen molar-refractivity contribution in [2.24, 2.45) is 10.9 Å². The molecule has 0 heterocycles. The number of rotatable bonds is 2. The van der Waals surface area contributed by atoms with Crippen LogP contribution in [-0.2, 0) is 17.3 Å². The Kier molecular flexibility index (Phi) is 7.18. The lowest BCUT2D eigenvalue weighted by Gasteiger charge is -1.93. The lowest BCUT2D eigenvalue weighted by atomic mass is 10.2. The predicted molar refractivity (Wildman–Crippen MR) is 53.7 cm³/mol. The molecule has 5 heteroatoms. The van der Waals surface area contributed by atoms with E-state index in [9.17, 15) is 0 Å². The maximum atomic E-state index is 8.81. The van der Waals surface area contributed by atoms with Crippen LogP contribution in [0.15, 0.2) is 30.3 Å². The molecule has 1 rings (SSSR count). The molecular formula is C8H14N2O2S. The molecule has 13 heavy (non-hydrogen) atoms. The predicted octanol–water partition coefficient (Wildman–Crippen LogP) is -0.341. The first-order valence-electron chi connectivity index (χ1n) is 3.80. The SMILES string of the molecule is NCCc1ccccc1.N[SH](=O)=O. The molecule has 0 saturated carbocycles. The number of nitrogens with two attached hydrogens (primary N) is 2. The quantitative estimate of drug-likeness (QED) is 0.573. The molecule has 1 aromatic rings. The Labute approximate surface area is 79.6 Å². The molecule has 74 valence electrons. The van der Waals surface area contributed by atoms with Gasteiger partial charge in [-0.05, 0) is 18.5 Å². The summed E-state index contributed by atoms with van der Waals surface area (Å²) in [4.78, 5) is 0. The molecule has 0 radical (unpaired) electrons. The Morgan fingerprint density at radius 1 is 1.15 bits per heavy atom. The molecular weight excluding hydrogens is 188 g/mol. The molecule has 0 aliphatic rings. The Morgan fingerprint density at radius 2 is 1.62 bits per heavy atom. The molecule has 0 saturated heterocycles. The summed E-state index contributed by atoms with van der Waals surface area (Å²) in [6.45, 7) is 0.740. The summed E-state index contributed by atoms with van der Waals surface area (Å²) in [7, 11) is -2.62. The molecule has 0 spiro atoms. The number of hydrogen-bond donors (Lipinski definition) is 3. The third-order valence-corrected chi connectivity index (χ3v) is 1.28. The largest absolute Gasteiger partial charge is 0.330 e. The van der Waals surface area contributed by atoms with E-state index in [1.54, 1.807) is 0 Å². The maximum absolute atomic E-state index is 8.81. The van der Waals surface area contributed by atoms with Crippen molar-refractivity contribution in [1.29, 1.82) is 0 Å². The van der Waals surface area contributed by atoms with Crippen LogP contribution in [-0.4, -0.2) is 15.0 Å². The van der Waals surface area contributed by atoms with E-state index < -0.39 is 10.9 Å². The minimum atomic E-state index is -2.62. The molecule has 0 aliphatic carbocycles. The van der Waals surface area contributed by atoms with E-state index in [1.807, 2.05) is 18.2 Å². The fraction of sp³-hybridized carbons (Fsp3) is 0.250. The Morgan fingerprint density at radius 3 is 2.00 bits per heavy atom. The Balaban J connectivity index is 0.000000310. The summed E-state index contributed by atoms with van der Waals surface area (Å²) >= 11 is 0. The molecule has 0 fully saturated rings. The van der Waals surface area contributed by atoms with Gasteiger partial charge in [0.1, 0.15) is 0 Å². The van der Waals surface area contributed by atoms with Gasteiger partial charge in [0.15, 0.2) is 10.9 Å². The van der Waals surface area contributed by atoms with Crippen molar-refractivity contribution in [3.63, 3.8) is 0 Å². The van der Waals surface area contributed by atoms with E-state index in [0.717, 1.165) is 13.0 Å². The Hall–Kier alpha value is -0.910. The van der Waals surface area contributed by atoms with Crippen molar-refractivity contribution in [2.45, 2.75) is 6.42 Å². The van der Waals surface area contributed by atoms with Crippen LogP contribution in [0, 0.1) is 0 Å². The van der Waals surface area contributed by atoms with Crippen molar-refractivity contribution in [2.75, 3.05) is 6.54 Å². The van der Waals surface area contributed by atoms with Gasteiger partial charge in [-0.2, -0.15) is 0 Å². The molecule has 1 aromatic carbocycles. The third-order valence-electron chi connectivity index (χ3n) is 1.28. The van der Waals surface area contributed by atoms with Crippen molar-refractivity contribution in [3.05, 3.63) is 35.9 Å². The van der Waals surface area contributed by atoms with Crippen molar-refractivity contribution >= 4 is 10.9 Å². The molecule has 0 atom stereocenters. The van der Waals surface area contributed by atoms with Crippen LogP contribution in [0.3, 0.4) is 0 Å². The van der Waals surface area contributed by atoms with E-state index in [1.165, 1.54) is 5.56 Å². The zero-order chi connectivity index (χ0) is 10.1. The number of benzene rings is 1. The average Bonchev–Trinajstić information content (AvgIpc) is 2.06. The van der Waals surface area contributed by atoms with Crippen LogP contribution < -0.4 is 10.9 Å². The van der Waals surface area contributed by atoms with Crippen molar-refractivity contribution < 1.29 is 8.42 Å². The summed E-state index contributed by atoms with van der Waals surface area (Å²) in [6.07, 6.45) is 0.987. The highest BCUT2D eigenvalue weighted by atomic mass is 32.2. The number of thiol groups is 1. The molecule has 0 bridgehead atoms. The lowest BCUT2D eigenvalue weighted by Crippen LogP contribution is -2.01. The van der Waals surface area contributed by atoms with Crippen molar-refractivity contribution in [3.8, 4) is 0 Å². The van der Waals surface area contributed by atoms with E-state index in [0.29, 0.717) is 0 Å². The molecule has 4 N–H and O–H groups in total. The lowest BCUT2D eigenvalue weighted by molar-refractivity contribution is 0.616. The molecule has 0 aromatic heterocycles. The highest BCUT2D eigenvalue weighted by molar-refractivity contribution is 7.69. The highest BCUT2D eigenvalue weighted by Crippen LogP contribution is 1.96. The maximum Gasteiger partial charge on any atom is 0.198 e. The van der Waals surface area contributed by atoms with Gasteiger partial charge in [-0.1, -0.05) is 30.3 Å². The van der Waals surface area contributed by atoms with Gasteiger partial charge in [0.2, 0.25) is 0 Å². The second-order valence-corrected chi connectivity index (χ2v) is 2.88. The van der Waals surface area contributed by atoms with Gasteiger partial charge in [0.25, 0.3) is 0 Å². The summed E-state index contributed by atoms with van der Waals surface area (Å²) < 4.78 is 17.6. The third kappa shape index (κ3) is 9.00. The van der Waals surface area contributed by atoms with Crippen LogP contribution in [0.5, 0.6) is 0 Å². The van der Waals surface area contributed by atoms with Crippen LogP contribution >= 0.6 is 0 Å². The zero-order valence-electron chi connectivity index (χ0n) is 7.22. The first kappa shape index (κ1) is 12.1. The second-order valence-electron chi connectivity index (χ2n) is 2.31. The van der Waals surface area contributed by atoms with Gasteiger partial charge in [-0.15, -0.1) is 0 Å². The van der Waals surface area contributed by atoms with Crippen LogP contribution in [0.2, 0.25) is 0 Å². The normalized spacial score (nSPS) is 9.15. The Bertz CT molecular complexity index is 277. The summed E-state index contributed by atoms with van der Waals surface area (Å²) in [5.41, 5.74) is 6.68. The summed E-state index contributed by atoms with van der Waals surface area (Å²) in [5.74, 6) is 0. The van der Waals surface area contributed by atoms with Gasteiger partial charge in [-0.25, -0.2) is 13.6 Å². The van der Waals surface area contributed by atoms with Gasteiger partial charge in [-0.3, -0.25) is 0 Å². The minimum absolute atomic E-state index is 0.740. The first-order valence-corrected chi connectivity index (χ1v) is 5.04. The summed E-state index contributed by atoms with van der Waals surface area (Å²) in [6, 6.07) is 10.3. The van der Waals surface area contributed by atoms with Gasteiger partial charge >= 0.3 is 0 Å². The molecule has 0 unspecified atom stereocenters. The molecule has 0 aliphatic heterocycles. The van der Waals surface area contributed by atoms with E-state index in [-0.39, 0.29) is 0 Å². The van der Waals surface area contributed by atoms with Crippen LogP contribution in [0.4, 0.5) is 0 Å². The van der Waals surface area contributed by atoms with E-state index >= 15 is 0 Å².